The second-order valence-electron chi connectivity index (χ2n) is 5.95. The number of sulfonamides is 1. The van der Waals surface area contributed by atoms with Crippen LogP contribution in [0.5, 0.6) is 0 Å². The van der Waals surface area contributed by atoms with Crippen molar-refractivity contribution < 1.29 is 8.42 Å². The molecule has 0 unspecified atom stereocenters. The molecule has 0 aliphatic heterocycles. The maximum absolute atomic E-state index is 12.7. The zero-order valence-corrected chi connectivity index (χ0v) is 15.7. The first-order valence-electron chi connectivity index (χ1n) is 8.31. The lowest BCUT2D eigenvalue weighted by Gasteiger charge is -2.19. The highest BCUT2D eigenvalue weighted by atomic mass is 32.2. The lowest BCUT2D eigenvalue weighted by atomic mass is 10.1. The molecule has 0 atom stereocenters. The summed E-state index contributed by atoms with van der Waals surface area (Å²) in [5, 5.41) is 1.69. The van der Waals surface area contributed by atoms with Crippen molar-refractivity contribution in [1.29, 1.82) is 0 Å². The van der Waals surface area contributed by atoms with Gasteiger partial charge in [-0.05, 0) is 25.2 Å². The van der Waals surface area contributed by atoms with E-state index in [0.717, 1.165) is 29.5 Å². The molecule has 0 saturated heterocycles. The van der Waals surface area contributed by atoms with Crippen molar-refractivity contribution in [2.75, 3.05) is 45.2 Å². The van der Waals surface area contributed by atoms with E-state index in [-0.39, 0.29) is 0 Å². The van der Waals surface area contributed by atoms with Gasteiger partial charge in [0.25, 0.3) is 0 Å². The molecular weight excluding hydrogens is 322 g/mol. The number of nitrogens with one attached hydrogen (secondary N) is 1. The summed E-state index contributed by atoms with van der Waals surface area (Å²) in [6, 6.07) is 11.2. The van der Waals surface area contributed by atoms with E-state index < -0.39 is 10.0 Å². The molecular formula is C18H27N3O2S. The van der Waals surface area contributed by atoms with Gasteiger partial charge < -0.3 is 9.80 Å². The van der Waals surface area contributed by atoms with Crippen molar-refractivity contribution in [3.63, 3.8) is 0 Å². The molecule has 0 amide bonds. The molecule has 2 aromatic carbocycles. The van der Waals surface area contributed by atoms with E-state index in [4.69, 9.17) is 0 Å². The number of hydrogen-bond donors (Lipinski definition) is 1. The van der Waals surface area contributed by atoms with Crippen molar-refractivity contribution in [2.45, 2.75) is 18.7 Å². The van der Waals surface area contributed by atoms with Crippen LogP contribution in [0.3, 0.4) is 0 Å². The van der Waals surface area contributed by atoms with Gasteiger partial charge in [0, 0.05) is 43.6 Å². The van der Waals surface area contributed by atoms with Crippen LogP contribution in [0.25, 0.3) is 10.8 Å². The number of fused-ring (bicyclic) bond motifs is 1. The first-order valence-corrected chi connectivity index (χ1v) is 9.80. The zero-order valence-electron chi connectivity index (χ0n) is 14.9. The standard InChI is InChI=1S/C18H27N3O2S/c1-5-21(6-2)14-13-19-24(22,23)18-12-8-9-15-16(18)10-7-11-17(15)20(3)4/h7-12,19H,5-6,13-14H2,1-4H3. The second-order valence-corrected chi connectivity index (χ2v) is 7.68. The molecule has 2 rings (SSSR count). The van der Waals surface area contributed by atoms with Gasteiger partial charge in [0.1, 0.15) is 0 Å². The average molecular weight is 350 g/mol. The quantitative estimate of drug-likeness (QED) is 0.796. The third-order valence-electron chi connectivity index (χ3n) is 4.24. The minimum Gasteiger partial charge on any atom is -0.377 e. The fourth-order valence-corrected chi connectivity index (χ4v) is 4.09. The Labute approximate surface area is 145 Å². The summed E-state index contributed by atoms with van der Waals surface area (Å²) in [5.41, 5.74) is 1.01. The molecule has 0 radical (unpaired) electrons. The van der Waals surface area contributed by atoms with E-state index in [9.17, 15) is 8.42 Å². The van der Waals surface area contributed by atoms with E-state index in [2.05, 4.69) is 23.5 Å². The van der Waals surface area contributed by atoms with Gasteiger partial charge in [-0.2, -0.15) is 0 Å². The van der Waals surface area contributed by atoms with Gasteiger partial charge in [-0.15, -0.1) is 0 Å². The second kappa shape index (κ2) is 7.96. The minimum atomic E-state index is -3.54. The highest BCUT2D eigenvalue weighted by molar-refractivity contribution is 7.89. The summed E-state index contributed by atoms with van der Waals surface area (Å²) in [7, 11) is 0.377. The van der Waals surface area contributed by atoms with Crippen molar-refractivity contribution >= 4 is 26.5 Å². The smallest absolute Gasteiger partial charge is 0.241 e. The molecule has 24 heavy (non-hydrogen) atoms. The number of rotatable bonds is 8. The minimum absolute atomic E-state index is 0.336. The molecule has 5 nitrogen and oxygen atoms in total. The molecule has 132 valence electrons. The van der Waals surface area contributed by atoms with Gasteiger partial charge in [-0.1, -0.05) is 38.1 Å². The predicted molar refractivity (Wildman–Crippen MR) is 101 cm³/mol. The number of anilines is 1. The van der Waals surface area contributed by atoms with E-state index in [1.807, 2.05) is 43.3 Å². The maximum Gasteiger partial charge on any atom is 0.241 e. The summed E-state index contributed by atoms with van der Waals surface area (Å²) in [5.74, 6) is 0. The third-order valence-corrected chi connectivity index (χ3v) is 5.76. The highest BCUT2D eigenvalue weighted by Gasteiger charge is 2.18. The predicted octanol–water partition coefficient (Wildman–Crippen LogP) is 2.53. The third kappa shape index (κ3) is 4.06. The van der Waals surface area contributed by atoms with Crippen molar-refractivity contribution in [2.24, 2.45) is 0 Å². The summed E-state index contributed by atoms with van der Waals surface area (Å²) >= 11 is 0. The van der Waals surface area contributed by atoms with Gasteiger partial charge in [-0.3, -0.25) is 0 Å². The van der Waals surface area contributed by atoms with Crippen LogP contribution in [0, 0.1) is 0 Å². The molecule has 2 aromatic rings. The molecule has 0 saturated carbocycles. The van der Waals surface area contributed by atoms with E-state index in [0.29, 0.717) is 18.0 Å². The van der Waals surface area contributed by atoms with Crippen LogP contribution in [0.2, 0.25) is 0 Å². The maximum atomic E-state index is 12.7. The van der Waals surface area contributed by atoms with E-state index in [1.165, 1.54) is 0 Å². The van der Waals surface area contributed by atoms with Gasteiger partial charge in [0.05, 0.1) is 4.90 Å². The van der Waals surface area contributed by atoms with Crippen molar-refractivity contribution in [3.05, 3.63) is 36.4 Å². The first kappa shape index (κ1) is 18.7. The van der Waals surface area contributed by atoms with Crippen LogP contribution in [-0.2, 0) is 10.0 Å². The summed E-state index contributed by atoms with van der Waals surface area (Å²) < 4.78 is 28.2. The summed E-state index contributed by atoms with van der Waals surface area (Å²) in [4.78, 5) is 4.52. The van der Waals surface area contributed by atoms with Crippen LogP contribution in [-0.4, -0.2) is 53.6 Å². The van der Waals surface area contributed by atoms with E-state index >= 15 is 0 Å². The molecule has 0 aromatic heterocycles. The molecule has 0 aliphatic rings. The van der Waals surface area contributed by atoms with Gasteiger partial charge in [0.2, 0.25) is 10.0 Å². The summed E-state index contributed by atoms with van der Waals surface area (Å²) in [6.07, 6.45) is 0. The normalized spacial score (nSPS) is 12.0. The molecule has 0 aliphatic carbocycles. The monoisotopic (exact) mass is 349 g/mol. The fraction of sp³-hybridized carbons (Fsp3) is 0.444. The topological polar surface area (TPSA) is 52.7 Å². The first-order chi connectivity index (χ1) is 11.4. The largest absolute Gasteiger partial charge is 0.377 e. The Morgan fingerprint density at radius 2 is 1.58 bits per heavy atom. The number of hydrogen-bond acceptors (Lipinski definition) is 4. The lowest BCUT2D eigenvalue weighted by molar-refractivity contribution is 0.309. The van der Waals surface area contributed by atoms with Crippen molar-refractivity contribution in [3.8, 4) is 0 Å². The van der Waals surface area contributed by atoms with Gasteiger partial charge >= 0.3 is 0 Å². The van der Waals surface area contributed by atoms with Gasteiger partial charge in [-0.25, -0.2) is 13.1 Å². The Hall–Kier alpha value is -1.63. The molecule has 1 N–H and O–H groups in total. The van der Waals surface area contributed by atoms with E-state index in [1.54, 1.807) is 12.1 Å². The van der Waals surface area contributed by atoms with Crippen LogP contribution >= 0.6 is 0 Å². The Morgan fingerprint density at radius 1 is 0.958 bits per heavy atom. The molecule has 0 fully saturated rings. The Kier molecular flexibility index (Phi) is 6.21. The molecule has 6 heteroatoms. The SMILES string of the molecule is CCN(CC)CCNS(=O)(=O)c1cccc2c(N(C)C)cccc12. The number of benzene rings is 2. The average Bonchev–Trinajstić information content (AvgIpc) is 2.57. The number of likely N-dealkylation sites (N-methyl/N-ethyl adjacent to an activating group) is 1. The fourth-order valence-electron chi connectivity index (χ4n) is 2.84. The Bertz CT molecular complexity index is 784. The summed E-state index contributed by atoms with van der Waals surface area (Å²) in [6.45, 7) is 7.10. The zero-order chi connectivity index (χ0) is 17.7. The van der Waals surface area contributed by atoms with Crippen LogP contribution < -0.4 is 9.62 Å². The van der Waals surface area contributed by atoms with Crippen LogP contribution in [0.15, 0.2) is 41.3 Å². The van der Waals surface area contributed by atoms with Crippen molar-refractivity contribution in [1.82, 2.24) is 9.62 Å². The Balaban J connectivity index is 2.32. The van der Waals surface area contributed by atoms with Gasteiger partial charge in [0.15, 0.2) is 0 Å². The molecule has 0 spiro atoms. The molecule has 0 bridgehead atoms. The Morgan fingerprint density at radius 3 is 2.21 bits per heavy atom. The number of nitrogens with zero attached hydrogens (tertiary/aromatic N) is 2. The highest BCUT2D eigenvalue weighted by Crippen LogP contribution is 2.29. The van der Waals surface area contributed by atoms with Crippen LogP contribution in [0.4, 0.5) is 5.69 Å². The van der Waals surface area contributed by atoms with Crippen LogP contribution in [0.1, 0.15) is 13.8 Å². The lowest BCUT2D eigenvalue weighted by Crippen LogP contribution is -2.34. The molecule has 0 heterocycles.